The lowest BCUT2D eigenvalue weighted by Crippen LogP contribution is -2.05. The van der Waals surface area contributed by atoms with Crippen molar-refractivity contribution in [2.24, 2.45) is 4.99 Å². The first-order chi connectivity index (χ1) is 13.9. The molecule has 0 radical (unpaired) electrons. The molecule has 29 heavy (non-hydrogen) atoms. The van der Waals surface area contributed by atoms with Gasteiger partial charge in [0.25, 0.3) is 0 Å². The molecule has 0 saturated carbocycles. The molecule has 6 heteroatoms. The van der Waals surface area contributed by atoms with Crippen LogP contribution >= 0.6 is 11.6 Å². The Morgan fingerprint density at radius 1 is 1.21 bits per heavy atom. The number of carbonyl (C=O) groups excluding carboxylic acids is 1. The maximum absolute atomic E-state index is 12.3. The molecule has 2 aromatic rings. The van der Waals surface area contributed by atoms with Crippen LogP contribution in [0, 0.1) is 0 Å². The van der Waals surface area contributed by atoms with Crippen molar-refractivity contribution < 1.29 is 19.0 Å². The third-order valence-corrected chi connectivity index (χ3v) is 4.73. The van der Waals surface area contributed by atoms with E-state index in [1.54, 1.807) is 25.3 Å². The smallest absolute Gasteiger partial charge is 0.363 e. The molecule has 0 fully saturated rings. The number of halogens is 1. The van der Waals surface area contributed by atoms with Crippen LogP contribution in [-0.2, 0) is 9.53 Å². The van der Waals surface area contributed by atoms with Gasteiger partial charge in [-0.25, -0.2) is 9.79 Å². The van der Waals surface area contributed by atoms with E-state index in [4.69, 9.17) is 25.8 Å². The number of carbonyl (C=O) groups is 1. The molecule has 152 valence electrons. The molecule has 0 saturated heterocycles. The van der Waals surface area contributed by atoms with Crippen molar-refractivity contribution in [1.29, 1.82) is 0 Å². The second-order valence-corrected chi connectivity index (χ2v) is 7.40. The molecular formula is C23H24ClNO4. The summed E-state index contributed by atoms with van der Waals surface area (Å²) in [6.45, 7) is 6.80. The minimum Gasteiger partial charge on any atom is -0.493 e. The Balaban J connectivity index is 1.89. The molecule has 3 rings (SSSR count). The molecule has 0 bridgehead atoms. The summed E-state index contributed by atoms with van der Waals surface area (Å²) in [6, 6.07) is 11.3. The summed E-state index contributed by atoms with van der Waals surface area (Å²) >= 11 is 6.35. The van der Waals surface area contributed by atoms with Crippen molar-refractivity contribution in [2.75, 3.05) is 13.7 Å². The van der Waals surface area contributed by atoms with E-state index < -0.39 is 5.97 Å². The summed E-state index contributed by atoms with van der Waals surface area (Å²) in [7, 11) is 1.54. The summed E-state index contributed by atoms with van der Waals surface area (Å²) < 4.78 is 16.4. The number of rotatable bonds is 7. The summed E-state index contributed by atoms with van der Waals surface area (Å²) in [5, 5.41) is 0.407. The SMILES string of the molecule is CCCOc1c(Cl)cc(/C=C2\N=C(c3ccc(C(C)C)cc3)OC2=O)cc1OC. The van der Waals surface area contributed by atoms with Crippen molar-refractivity contribution in [1.82, 2.24) is 0 Å². The van der Waals surface area contributed by atoms with Gasteiger partial charge in [0, 0.05) is 5.56 Å². The minimum absolute atomic E-state index is 0.202. The summed E-state index contributed by atoms with van der Waals surface area (Å²) in [5.74, 6) is 1.20. The van der Waals surface area contributed by atoms with Crippen LogP contribution in [0.5, 0.6) is 11.5 Å². The average molecular weight is 414 g/mol. The zero-order chi connectivity index (χ0) is 21.0. The van der Waals surface area contributed by atoms with E-state index in [2.05, 4.69) is 18.8 Å². The Morgan fingerprint density at radius 3 is 2.55 bits per heavy atom. The second kappa shape index (κ2) is 9.14. The highest BCUT2D eigenvalue weighted by molar-refractivity contribution is 6.32. The van der Waals surface area contributed by atoms with Crippen LogP contribution in [0.15, 0.2) is 47.1 Å². The average Bonchev–Trinajstić information content (AvgIpc) is 3.07. The lowest BCUT2D eigenvalue weighted by molar-refractivity contribution is -0.129. The summed E-state index contributed by atoms with van der Waals surface area (Å²) in [4.78, 5) is 16.6. The van der Waals surface area contributed by atoms with Gasteiger partial charge in [-0.15, -0.1) is 0 Å². The number of hydrogen-bond acceptors (Lipinski definition) is 5. The number of esters is 1. The quantitative estimate of drug-likeness (QED) is 0.437. The zero-order valence-corrected chi connectivity index (χ0v) is 17.7. The predicted octanol–water partition coefficient (Wildman–Crippen LogP) is 5.61. The number of ether oxygens (including phenoxy) is 3. The lowest BCUT2D eigenvalue weighted by atomic mass is 10.0. The molecule has 5 nitrogen and oxygen atoms in total. The van der Waals surface area contributed by atoms with E-state index in [0.717, 1.165) is 12.0 Å². The Labute approximate surface area is 176 Å². The molecule has 1 heterocycles. The Hall–Kier alpha value is -2.79. The first-order valence-corrected chi connectivity index (χ1v) is 9.94. The van der Waals surface area contributed by atoms with E-state index in [9.17, 15) is 4.79 Å². The van der Waals surface area contributed by atoms with Gasteiger partial charge < -0.3 is 14.2 Å². The third-order valence-electron chi connectivity index (χ3n) is 4.45. The first-order valence-electron chi connectivity index (χ1n) is 9.56. The van der Waals surface area contributed by atoms with Gasteiger partial charge in [0.05, 0.1) is 18.7 Å². The normalized spacial score (nSPS) is 14.9. The fraction of sp³-hybridized carbons (Fsp3) is 0.304. The highest BCUT2D eigenvalue weighted by atomic mass is 35.5. The first kappa shape index (κ1) is 20.9. The van der Waals surface area contributed by atoms with Crippen molar-refractivity contribution in [2.45, 2.75) is 33.1 Å². The Bertz CT molecular complexity index is 962. The lowest BCUT2D eigenvalue weighted by Gasteiger charge is -2.12. The van der Waals surface area contributed by atoms with Crippen LogP contribution in [-0.4, -0.2) is 25.6 Å². The zero-order valence-electron chi connectivity index (χ0n) is 17.0. The monoisotopic (exact) mass is 413 g/mol. The van der Waals surface area contributed by atoms with Crippen LogP contribution in [0.3, 0.4) is 0 Å². The van der Waals surface area contributed by atoms with Gasteiger partial charge >= 0.3 is 5.97 Å². The number of nitrogens with zero attached hydrogens (tertiary/aromatic N) is 1. The Morgan fingerprint density at radius 2 is 1.93 bits per heavy atom. The molecular weight excluding hydrogens is 390 g/mol. The largest absolute Gasteiger partial charge is 0.493 e. The van der Waals surface area contributed by atoms with Gasteiger partial charge in [-0.05, 0) is 53.8 Å². The number of aliphatic imine (C=N–C) groups is 1. The van der Waals surface area contributed by atoms with E-state index >= 15 is 0 Å². The maximum atomic E-state index is 12.3. The molecule has 0 spiro atoms. The van der Waals surface area contributed by atoms with Crippen LogP contribution < -0.4 is 9.47 Å². The number of methoxy groups -OCH3 is 1. The molecule has 2 aromatic carbocycles. The molecule has 1 aliphatic heterocycles. The predicted molar refractivity (Wildman–Crippen MR) is 115 cm³/mol. The van der Waals surface area contributed by atoms with E-state index in [-0.39, 0.29) is 11.6 Å². The molecule has 0 aliphatic carbocycles. The van der Waals surface area contributed by atoms with Gasteiger partial charge in [-0.3, -0.25) is 0 Å². The van der Waals surface area contributed by atoms with Gasteiger partial charge in [0.1, 0.15) is 0 Å². The fourth-order valence-corrected chi connectivity index (χ4v) is 3.14. The van der Waals surface area contributed by atoms with Crippen molar-refractivity contribution >= 4 is 29.5 Å². The summed E-state index contributed by atoms with van der Waals surface area (Å²) in [6.07, 6.45) is 2.47. The fourth-order valence-electron chi connectivity index (χ4n) is 2.87. The number of cyclic esters (lactones) is 1. The molecule has 1 aliphatic rings. The van der Waals surface area contributed by atoms with E-state index in [1.807, 2.05) is 31.2 Å². The van der Waals surface area contributed by atoms with Crippen molar-refractivity contribution in [3.63, 3.8) is 0 Å². The van der Waals surface area contributed by atoms with Crippen LogP contribution in [0.4, 0.5) is 0 Å². The molecule has 0 unspecified atom stereocenters. The van der Waals surface area contributed by atoms with E-state index in [0.29, 0.717) is 34.6 Å². The second-order valence-electron chi connectivity index (χ2n) is 7.00. The number of hydrogen-bond donors (Lipinski definition) is 0. The topological polar surface area (TPSA) is 57.1 Å². The van der Waals surface area contributed by atoms with Gasteiger partial charge in [-0.2, -0.15) is 0 Å². The molecule has 0 atom stereocenters. The van der Waals surface area contributed by atoms with E-state index in [1.165, 1.54) is 5.56 Å². The highest BCUT2D eigenvalue weighted by Crippen LogP contribution is 2.37. The summed E-state index contributed by atoms with van der Waals surface area (Å²) in [5.41, 5.74) is 2.84. The standard InChI is InChI=1S/C23H24ClNO4/c1-5-10-28-21-18(24)11-15(13-20(21)27-4)12-19-23(26)29-22(25-19)17-8-6-16(7-9-17)14(2)3/h6-9,11-14H,5,10H2,1-4H3/b19-12-. The van der Waals surface area contributed by atoms with Crippen molar-refractivity contribution in [3.05, 3.63) is 63.8 Å². The van der Waals surface area contributed by atoms with Crippen LogP contribution in [0.25, 0.3) is 6.08 Å². The Kier molecular flexibility index (Phi) is 6.60. The van der Waals surface area contributed by atoms with Gasteiger partial charge in [-0.1, -0.05) is 44.5 Å². The molecule has 0 amide bonds. The third kappa shape index (κ3) is 4.80. The molecule has 0 N–H and O–H groups in total. The van der Waals surface area contributed by atoms with Crippen LogP contribution in [0.1, 0.15) is 49.8 Å². The highest BCUT2D eigenvalue weighted by Gasteiger charge is 2.24. The molecule has 0 aromatic heterocycles. The van der Waals surface area contributed by atoms with Crippen molar-refractivity contribution in [3.8, 4) is 11.5 Å². The number of benzene rings is 2. The maximum Gasteiger partial charge on any atom is 0.363 e. The van der Waals surface area contributed by atoms with Gasteiger partial charge in [0.2, 0.25) is 5.90 Å². The minimum atomic E-state index is -0.505. The van der Waals surface area contributed by atoms with Gasteiger partial charge in [0.15, 0.2) is 17.2 Å². The van der Waals surface area contributed by atoms with Crippen LogP contribution in [0.2, 0.25) is 5.02 Å².